The van der Waals surface area contributed by atoms with Crippen LogP contribution in [0.15, 0.2) is 24.3 Å². The fourth-order valence-electron chi connectivity index (χ4n) is 3.49. The molecular formula is C22H29ClN4O3S. The van der Waals surface area contributed by atoms with Crippen LogP contribution in [0.3, 0.4) is 0 Å². The van der Waals surface area contributed by atoms with Crippen LogP contribution in [-0.2, 0) is 22.5 Å². The largest absolute Gasteiger partial charge is 0.444 e. The number of alkyl carbamates (subject to hydrolysis) is 1. The zero-order valence-electron chi connectivity index (χ0n) is 18.3. The van der Waals surface area contributed by atoms with Gasteiger partial charge < -0.3 is 15.0 Å². The van der Waals surface area contributed by atoms with Gasteiger partial charge in [0.25, 0.3) is 0 Å². The van der Waals surface area contributed by atoms with Gasteiger partial charge in [-0.2, -0.15) is 16.9 Å². The van der Waals surface area contributed by atoms with Crippen LogP contribution in [0.4, 0.5) is 4.79 Å². The van der Waals surface area contributed by atoms with Crippen molar-refractivity contribution in [1.82, 2.24) is 20.4 Å². The number of benzene rings is 1. The van der Waals surface area contributed by atoms with E-state index < -0.39 is 17.7 Å². The van der Waals surface area contributed by atoms with Crippen LogP contribution >= 0.6 is 23.4 Å². The van der Waals surface area contributed by atoms with Crippen LogP contribution in [0, 0.1) is 0 Å². The highest BCUT2D eigenvalue weighted by atomic mass is 35.5. The highest BCUT2D eigenvalue weighted by molar-refractivity contribution is 7.98. The Bertz CT molecular complexity index is 924. The normalized spacial score (nSPS) is 14.7. The lowest BCUT2D eigenvalue weighted by Gasteiger charge is -2.31. The first-order valence-electron chi connectivity index (χ1n) is 10.3. The van der Waals surface area contributed by atoms with E-state index in [1.807, 2.05) is 30.5 Å². The van der Waals surface area contributed by atoms with Crippen molar-refractivity contribution in [1.29, 1.82) is 0 Å². The molecule has 7 nitrogen and oxygen atoms in total. The van der Waals surface area contributed by atoms with Crippen LogP contribution in [-0.4, -0.2) is 57.3 Å². The molecule has 1 aliphatic rings. The van der Waals surface area contributed by atoms with E-state index in [0.717, 1.165) is 28.3 Å². The quantitative estimate of drug-likeness (QED) is 0.666. The number of hydrogen-bond acceptors (Lipinski definition) is 5. The Hall–Kier alpha value is -2.19. The molecule has 1 aliphatic heterocycles. The Morgan fingerprint density at radius 2 is 2.03 bits per heavy atom. The van der Waals surface area contributed by atoms with Crippen molar-refractivity contribution < 1.29 is 14.3 Å². The van der Waals surface area contributed by atoms with Gasteiger partial charge in [0.15, 0.2) is 0 Å². The van der Waals surface area contributed by atoms with Crippen LogP contribution in [0.5, 0.6) is 0 Å². The second-order valence-electron chi connectivity index (χ2n) is 8.53. The molecule has 1 atom stereocenters. The van der Waals surface area contributed by atoms with Crippen LogP contribution in [0.1, 0.15) is 38.4 Å². The Morgan fingerprint density at radius 3 is 2.68 bits per heavy atom. The molecule has 3 rings (SSSR count). The van der Waals surface area contributed by atoms with Crippen molar-refractivity contribution in [3.8, 4) is 11.3 Å². The number of thioether (sulfide) groups is 1. The van der Waals surface area contributed by atoms with Gasteiger partial charge in [-0.15, -0.1) is 0 Å². The van der Waals surface area contributed by atoms with Crippen molar-refractivity contribution in [3.63, 3.8) is 0 Å². The topological polar surface area (TPSA) is 87.3 Å². The summed E-state index contributed by atoms with van der Waals surface area (Å²) < 4.78 is 5.36. The predicted octanol–water partition coefficient (Wildman–Crippen LogP) is 4.26. The van der Waals surface area contributed by atoms with Crippen molar-refractivity contribution in [2.45, 2.75) is 51.8 Å². The minimum atomic E-state index is -0.630. The standard InChI is InChI=1S/C22H29ClN4O3S/c1-22(2,3)30-21(29)24-18(10-12-31-4)20(28)27-11-9-17-16(13-27)19(26-25-17)14-5-7-15(23)8-6-14/h5-8,18H,9-13H2,1-4H3,(H,24,29)(H,25,26). The summed E-state index contributed by atoms with van der Waals surface area (Å²) in [6, 6.07) is 6.87. The van der Waals surface area contributed by atoms with E-state index in [9.17, 15) is 9.59 Å². The summed E-state index contributed by atoms with van der Waals surface area (Å²) in [5, 5.41) is 11.0. The Morgan fingerprint density at radius 1 is 1.32 bits per heavy atom. The number of nitrogens with zero attached hydrogens (tertiary/aromatic N) is 2. The van der Waals surface area contributed by atoms with E-state index in [1.165, 1.54) is 0 Å². The number of nitrogens with one attached hydrogen (secondary N) is 2. The number of halogens is 1. The van der Waals surface area contributed by atoms with Gasteiger partial charge in [-0.05, 0) is 51.3 Å². The summed E-state index contributed by atoms with van der Waals surface area (Å²) in [6.07, 6.45) is 2.63. The predicted molar refractivity (Wildman–Crippen MR) is 124 cm³/mol. The molecule has 2 heterocycles. The van der Waals surface area contributed by atoms with Gasteiger partial charge in [0.05, 0.1) is 5.69 Å². The summed E-state index contributed by atoms with van der Waals surface area (Å²) in [5.41, 5.74) is 3.19. The molecule has 1 unspecified atom stereocenters. The molecule has 0 saturated carbocycles. The second-order valence-corrected chi connectivity index (χ2v) is 9.95. The van der Waals surface area contributed by atoms with Crippen molar-refractivity contribution >= 4 is 35.4 Å². The molecule has 2 aromatic rings. The zero-order valence-corrected chi connectivity index (χ0v) is 19.9. The van der Waals surface area contributed by atoms with Crippen molar-refractivity contribution in [2.75, 3.05) is 18.6 Å². The molecular weight excluding hydrogens is 436 g/mol. The van der Waals surface area contributed by atoms with E-state index in [0.29, 0.717) is 31.0 Å². The fraction of sp³-hybridized carbons (Fsp3) is 0.500. The Kier molecular flexibility index (Phi) is 7.54. The van der Waals surface area contributed by atoms with E-state index in [4.69, 9.17) is 16.3 Å². The van der Waals surface area contributed by atoms with Gasteiger partial charge in [-0.3, -0.25) is 9.89 Å². The molecule has 0 saturated heterocycles. The van der Waals surface area contributed by atoms with Gasteiger partial charge in [0.2, 0.25) is 5.91 Å². The van der Waals surface area contributed by atoms with E-state index in [1.54, 1.807) is 37.4 Å². The Balaban J connectivity index is 1.76. The lowest BCUT2D eigenvalue weighted by atomic mass is 10.00. The molecule has 168 valence electrons. The smallest absolute Gasteiger partial charge is 0.408 e. The monoisotopic (exact) mass is 464 g/mol. The zero-order chi connectivity index (χ0) is 22.6. The highest BCUT2D eigenvalue weighted by Crippen LogP contribution is 2.29. The number of rotatable bonds is 6. The highest BCUT2D eigenvalue weighted by Gasteiger charge is 2.31. The number of hydrogen-bond donors (Lipinski definition) is 2. The third kappa shape index (κ3) is 6.17. The Labute approximate surface area is 192 Å². The number of amides is 2. The van der Waals surface area contributed by atoms with Gasteiger partial charge in [0.1, 0.15) is 11.6 Å². The molecule has 31 heavy (non-hydrogen) atoms. The van der Waals surface area contributed by atoms with Gasteiger partial charge in [0, 0.05) is 41.4 Å². The van der Waals surface area contributed by atoms with E-state index in [2.05, 4.69) is 15.5 Å². The maximum atomic E-state index is 13.3. The van der Waals surface area contributed by atoms with Crippen LogP contribution < -0.4 is 5.32 Å². The molecule has 1 aromatic carbocycles. The van der Waals surface area contributed by atoms with E-state index >= 15 is 0 Å². The molecule has 0 fully saturated rings. The summed E-state index contributed by atoms with van der Waals surface area (Å²) in [7, 11) is 0. The van der Waals surface area contributed by atoms with Crippen molar-refractivity contribution in [3.05, 3.63) is 40.5 Å². The SMILES string of the molecule is CSCCC(NC(=O)OC(C)(C)C)C(=O)N1CCc2[nH]nc(-c3ccc(Cl)cc3)c2C1. The first-order valence-corrected chi connectivity index (χ1v) is 12.0. The molecule has 0 spiro atoms. The summed E-state index contributed by atoms with van der Waals surface area (Å²) in [4.78, 5) is 27.4. The van der Waals surface area contributed by atoms with Gasteiger partial charge in [-0.1, -0.05) is 23.7 Å². The number of aromatic amines is 1. The average molecular weight is 465 g/mol. The minimum absolute atomic E-state index is 0.103. The number of H-pyrrole nitrogens is 1. The third-order valence-electron chi connectivity index (χ3n) is 4.96. The first-order chi connectivity index (χ1) is 14.7. The van der Waals surface area contributed by atoms with Crippen LogP contribution in [0.2, 0.25) is 5.02 Å². The van der Waals surface area contributed by atoms with E-state index in [-0.39, 0.29) is 5.91 Å². The van der Waals surface area contributed by atoms with Gasteiger partial charge in [-0.25, -0.2) is 4.79 Å². The fourth-order valence-corrected chi connectivity index (χ4v) is 4.09. The summed E-state index contributed by atoms with van der Waals surface area (Å²) >= 11 is 7.65. The first kappa shape index (κ1) is 23.5. The summed E-state index contributed by atoms with van der Waals surface area (Å²) in [5.74, 6) is 0.654. The molecule has 0 radical (unpaired) electrons. The van der Waals surface area contributed by atoms with Crippen molar-refractivity contribution in [2.24, 2.45) is 0 Å². The number of ether oxygens (including phenoxy) is 1. The summed E-state index contributed by atoms with van der Waals surface area (Å²) in [6.45, 7) is 6.41. The lowest BCUT2D eigenvalue weighted by molar-refractivity contribution is -0.134. The third-order valence-corrected chi connectivity index (χ3v) is 5.86. The average Bonchev–Trinajstić information content (AvgIpc) is 3.13. The maximum absolute atomic E-state index is 13.3. The number of fused-ring (bicyclic) bond motifs is 1. The second kappa shape index (κ2) is 9.96. The molecule has 2 N–H and O–H groups in total. The molecule has 9 heteroatoms. The molecule has 0 aliphatic carbocycles. The molecule has 2 amide bonds. The number of aromatic nitrogens is 2. The maximum Gasteiger partial charge on any atom is 0.408 e. The number of carbonyl (C=O) groups is 2. The minimum Gasteiger partial charge on any atom is -0.444 e. The lowest BCUT2D eigenvalue weighted by Crippen LogP contribution is -2.51. The number of carbonyl (C=O) groups excluding carboxylic acids is 2. The molecule has 0 bridgehead atoms. The molecule has 1 aromatic heterocycles. The van der Waals surface area contributed by atoms with Gasteiger partial charge >= 0.3 is 6.09 Å². The van der Waals surface area contributed by atoms with Crippen LogP contribution in [0.25, 0.3) is 11.3 Å².